The second kappa shape index (κ2) is 10.2. The van der Waals surface area contributed by atoms with E-state index < -0.39 is 63.7 Å². The Morgan fingerprint density at radius 3 is 2.51 bits per heavy atom. The van der Waals surface area contributed by atoms with Crippen molar-refractivity contribution in [3.05, 3.63) is 45.7 Å². The number of phenolic OH excluding ortho intramolecular Hbond substituents is 1. The standard InChI is InChI=1S/C28H32N2O9/c1-4-5-8-39-19(32)7-6-13-11-17(30(2)3)16-10-14-9-15-12-18(31)22(27(29)37)26(36)28(15,38)25(35)20(14)24(34)21(16)23(13)33/h6-7,11,14-15,33-34,36,38H,4-5,8-10,12H2,1-3H3,(H2,29,37)/b7-6+/t14-,15+,28+/m1/s1. The Hall–Kier alpha value is -4.12. The average molecular weight is 541 g/mol. The first-order chi connectivity index (χ1) is 18.3. The van der Waals surface area contributed by atoms with E-state index in [0.29, 0.717) is 17.7 Å². The number of hydrogen-bond acceptors (Lipinski definition) is 10. The molecule has 11 heteroatoms. The number of benzene rings is 1. The Kier molecular flexibility index (Phi) is 7.31. The summed E-state index contributed by atoms with van der Waals surface area (Å²) in [6, 6.07) is 1.64. The fraction of sp³-hybridized carbons (Fsp3) is 0.429. The van der Waals surface area contributed by atoms with E-state index in [2.05, 4.69) is 0 Å². The molecule has 6 N–H and O–H groups in total. The van der Waals surface area contributed by atoms with Gasteiger partial charge in [-0.25, -0.2) is 4.79 Å². The second-order valence-electron chi connectivity index (χ2n) is 10.3. The summed E-state index contributed by atoms with van der Waals surface area (Å²) in [5, 5.41) is 44.6. The van der Waals surface area contributed by atoms with Crippen LogP contribution in [0.15, 0.2) is 29.0 Å². The van der Waals surface area contributed by atoms with Crippen molar-refractivity contribution in [2.75, 3.05) is 25.6 Å². The minimum Gasteiger partial charge on any atom is -0.508 e. The van der Waals surface area contributed by atoms with Gasteiger partial charge in [-0.3, -0.25) is 14.4 Å². The number of aliphatic hydroxyl groups is 3. The van der Waals surface area contributed by atoms with Gasteiger partial charge in [-0.15, -0.1) is 0 Å². The summed E-state index contributed by atoms with van der Waals surface area (Å²) in [5.74, 6) is -7.51. The monoisotopic (exact) mass is 540 g/mol. The Balaban J connectivity index is 1.84. The number of nitrogens with zero attached hydrogens (tertiary/aromatic N) is 1. The zero-order chi connectivity index (χ0) is 28.8. The molecule has 0 aliphatic heterocycles. The molecule has 0 saturated heterocycles. The highest BCUT2D eigenvalue weighted by molar-refractivity contribution is 6.22. The predicted octanol–water partition coefficient (Wildman–Crippen LogP) is 1.85. The smallest absolute Gasteiger partial charge is 0.330 e. The van der Waals surface area contributed by atoms with E-state index in [-0.39, 0.29) is 42.6 Å². The number of Topliss-reactive ketones (excluding diaryl/α,β-unsaturated/α-hetero) is 2. The molecule has 1 aromatic carbocycles. The van der Waals surface area contributed by atoms with Crippen molar-refractivity contribution in [1.82, 2.24) is 0 Å². The number of unbranched alkanes of at least 4 members (excludes halogenated alkanes) is 1. The number of ether oxygens (including phenoxy) is 1. The number of aliphatic hydroxyl groups excluding tert-OH is 2. The predicted molar refractivity (Wildman–Crippen MR) is 141 cm³/mol. The van der Waals surface area contributed by atoms with Gasteiger partial charge >= 0.3 is 5.97 Å². The number of esters is 1. The van der Waals surface area contributed by atoms with Crippen LogP contribution in [0, 0.1) is 11.8 Å². The van der Waals surface area contributed by atoms with Gasteiger partial charge in [0.1, 0.15) is 22.8 Å². The number of fused-ring (bicyclic) bond motifs is 3. The van der Waals surface area contributed by atoms with E-state index in [4.69, 9.17) is 10.5 Å². The number of carbonyl (C=O) groups is 4. The summed E-state index contributed by atoms with van der Waals surface area (Å²) >= 11 is 0. The Labute approximate surface area is 224 Å². The molecule has 0 aromatic heterocycles. The van der Waals surface area contributed by atoms with Crippen LogP contribution >= 0.6 is 0 Å². The third kappa shape index (κ3) is 4.46. The molecule has 3 atom stereocenters. The number of carbonyl (C=O) groups excluding carboxylic acids is 4. The molecule has 0 bridgehead atoms. The van der Waals surface area contributed by atoms with E-state index in [0.717, 1.165) is 12.5 Å². The minimum atomic E-state index is -2.63. The van der Waals surface area contributed by atoms with Crippen molar-refractivity contribution in [1.29, 1.82) is 0 Å². The van der Waals surface area contributed by atoms with Crippen LogP contribution in [-0.4, -0.2) is 70.2 Å². The van der Waals surface area contributed by atoms with E-state index in [1.807, 2.05) is 6.92 Å². The fourth-order valence-corrected chi connectivity index (χ4v) is 5.74. The quantitative estimate of drug-likeness (QED) is 0.148. The molecule has 0 heterocycles. The molecule has 1 amide bonds. The summed E-state index contributed by atoms with van der Waals surface area (Å²) in [5.41, 5.74) is 2.79. The number of hydrogen-bond donors (Lipinski definition) is 5. The van der Waals surface area contributed by atoms with Crippen LogP contribution in [0.2, 0.25) is 0 Å². The molecule has 39 heavy (non-hydrogen) atoms. The number of rotatable bonds is 7. The maximum Gasteiger partial charge on any atom is 0.330 e. The highest BCUT2D eigenvalue weighted by Crippen LogP contribution is 2.53. The average Bonchev–Trinajstić information content (AvgIpc) is 2.85. The number of primary amides is 1. The molecular formula is C28H32N2O9. The maximum absolute atomic E-state index is 13.7. The number of aromatic hydroxyl groups is 1. The van der Waals surface area contributed by atoms with Gasteiger partial charge in [-0.1, -0.05) is 13.3 Å². The third-order valence-electron chi connectivity index (χ3n) is 7.69. The van der Waals surface area contributed by atoms with Gasteiger partial charge in [0.15, 0.2) is 11.4 Å². The van der Waals surface area contributed by atoms with Crippen molar-refractivity contribution in [3.8, 4) is 5.75 Å². The first-order valence-electron chi connectivity index (χ1n) is 12.7. The summed E-state index contributed by atoms with van der Waals surface area (Å²) in [6.07, 6.45) is 3.89. The van der Waals surface area contributed by atoms with Crippen molar-refractivity contribution in [2.45, 2.75) is 44.6 Å². The molecule has 4 rings (SSSR count). The molecule has 0 radical (unpaired) electrons. The van der Waals surface area contributed by atoms with E-state index in [1.165, 1.54) is 6.08 Å². The van der Waals surface area contributed by atoms with Crippen molar-refractivity contribution in [3.63, 3.8) is 0 Å². The number of ketones is 2. The van der Waals surface area contributed by atoms with Crippen molar-refractivity contribution in [2.24, 2.45) is 17.6 Å². The first kappa shape index (κ1) is 27.9. The molecule has 1 aromatic rings. The second-order valence-corrected chi connectivity index (χ2v) is 10.3. The Morgan fingerprint density at radius 2 is 1.90 bits per heavy atom. The maximum atomic E-state index is 13.7. The van der Waals surface area contributed by atoms with Crippen LogP contribution in [0.25, 0.3) is 11.8 Å². The van der Waals surface area contributed by atoms with Crippen LogP contribution in [-0.2, 0) is 30.3 Å². The lowest BCUT2D eigenvalue weighted by atomic mass is 9.59. The normalized spacial score (nSPS) is 24.4. The Bertz CT molecular complexity index is 1370. The Morgan fingerprint density at radius 1 is 1.21 bits per heavy atom. The lowest BCUT2D eigenvalue weighted by Gasteiger charge is -2.46. The molecule has 208 valence electrons. The van der Waals surface area contributed by atoms with Gasteiger partial charge in [-0.05, 0) is 42.9 Å². The van der Waals surface area contributed by atoms with Crippen LogP contribution in [0.1, 0.15) is 49.3 Å². The van der Waals surface area contributed by atoms with Gasteiger partial charge < -0.3 is 35.8 Å². The highest BCUT2D eigenvalue weighted by atomic mass is 16.5. The van der Waals surface area contributed by atoms with Crippen LogP contribution in [0.4, 0.5) is 5.69 Å². The largest absolute Gasteiger partial charge is 0.508 e. The van der Waals surface area contributed by atoms with E-state index >= 15 is 0 Å². The SMILES string of the molecule is CCCCOC(=O)/C=C/c1cc(N(C)C)c2c(c1O)C(O)=C1C(=O)[C@]3(O)C(O)=C(C(N)=O)C(=O)C[C@@H]3C[C@@H]1C2. The molecule has 3 aliphatic rings. The topological polar surface area (TPSA) is 188 Å². The number of phenols is 1. The van der Waals surface area contributed by atoms with Crippen molar-refractivity contribution >= 4 is 41.0 Å². The summed E-state index contributed by atoms with van der Waals surface area (Å²) in [4.78, 5) is 51.8. The van der Waals surface area contributed by atoms with Gasteiger partial charge in [0.25, 0.3) is 5.91 Å². The highest BCUT2D eigenvalue weighted by Gasteiger charge is 2.60. The third-order valence-corrected chi connectivity index (χ3v) is 7.69. The van der Waals surface area contributed by atoms with Gasteiger partial charge in [0.05, 0.1) is 12.2 Å². The van der Waals surface area contributed by atoms with E-state index in [1.54, 1.807) is 25.1 Å². The molecule has 0 spiro atoms. The molecule has 3 aliphatic carbocycles. The number of amides is 1. The molecule has 1 saturated carbocycles. The molecular weight excluding hydrogens is 508 g/mol. The van der Waals surface area contributed by atoms with Gasteiger partial charge in [-0.2, -0.15) is 0 Å². The summed E-state index contributed by atoms with van der Waals surface area (Å²) in [6.45, 7) is 2.21. The molecule has 0 unspecified atom stereocenters. The summed E-state index contributed by atoms with van der Waals surface area (Å²) < 4.78 is 5.11. The van der Waals surface area contributed by atoms with E-state index in [9.17, 15) is 39.6 Å². The number of anilines is 1. The zero-order valence-electron chi connectivity index (χ0n) is 22.0. The first-order valence-corrected chi connectivity index (χ1v) is 12.7. The van der Waals surface area contributed by atoms with Crippen molar-refractivity contribution < 1.29 is 44.3 Å². The molecule has 1 fully saturated rings. The zero-order valence-corrected chi connectivity index (χ0v) is 22.0. The van der Waals surface area contributed by atoms with Crippen LogP contribution in [0.3, 0.4) is 0 Å². The lowest BCUT2D eigenvalue weighted by Crippen LogP contribution is -2.58. The minimum absolute atomic E-state index is 0.0435. The van der Waals surface area contributed by atoms with Crippen LogP contribution in [0.5, 0.6) is 5.75 Å². The molecule has 11 nitrogen and oxygen atoms in total. The van der Waals surface area contributed by atoms with Gasteiger partial charge in [0, 0.05) is 49.3 Å². The number of nitrogens with two attached hydrogens (primary N) is 1. The fourth-order valence-electron chi connectivity index (χ4n) is 5.74. The van der Waals surface area contributed by atoms with Crippen LogP contribution < -0.4 is 10.6 Å². The lowest BCUT2D eigenvalue weighted by molar-refractivity contribution is -0.147. The van der Waals surface area contributed by atoms with Gasteiger partial charge in [0.2, 0.25) is 5.78 Å². The summed E-state index contributed by atoms with van der Waals surface area (Å²) in [7, 11) is 3.52.